The number of unbranched alkanes of at least 4 members (excludes halogenated alkanes) is 1. The van der Waals surface area contributed by atoms with Crippen LogP contribution in [-0.2, 0) is 11.2 Å². The molecule has 40 heavy (non-hydrogen) atoms. The quantitative estimate of drug-likeness (QED) is 0.121. The van der Waals surface area contributed by atoms with Gasteiger partial charge in [-0.15, -0.1) is 0 Å². The van der Waals surface area contributed by atoms with Crippen molar-refractivity contribution >= 4 is 84.5 Å². The number of nitrogens with zero attached hydrogens (tertiary/aromatic N) is 2. The highest BCUT2D eigenvalue weighted by atomic mass is 79.9. The van der Waals surface area contributed by atoms with Gasteiger partial charge < -0.3 is 5.32 Å². The molecule has 0 spiro atoms. The Kier molecular flexibility index (Phi) is 9.72. The van der Waals surface area contributed by atoms with Gasteiger partial charge in [0.1, 0.15) is 5.54 Å². The fraction of sp³-hybridized carbons (Fsp3) is 0.241. The Morgan fingerprint density at radius 1 is 0.850 bits per heavy atom. The summed E-state index contributed by atoms with van der Waals surface area (Å²) in [6.07, 6.45) is 2.19. The second kappa shape index (κ2) is 12.9. The molecule has 2 aliphatic heterocycles. The van der Waals surface area contributed by atoms with Crippen LogP contribution >= 0.6 is 55.1 Å². The summed E-state index contributed by atoms with van der Waals surface area (Å²) in [7, 11) is 0. The first-order valence-electron chi connectivity index (χ1n) is 12.4. The molecule has 2 heterocycles. The summed E-state index contributed by atoms with van der Waals surface area (Å²) >= 11 is 18.7. The van der Waals surface area contributed by atoms with Crippen LogP contribution in [0.3, 0.4) is 0 Å². The van der Waals surface area contributed by atoms with Gasteiger partial charge in [-0.05, 0) is 67.8 Å². The molecule has 1 N–H and O–H groups in total. The first-order chi connectivity index (χ1) is 19.0. The summed E-state index contributed by atoms with van der Waals surface area (Å²) < 4.78 is 0.952. The van der Waals surface area contributed by atoms with E-state index >= 15 is 0 Å². The lowest BCUT2D eigenvalue weighted by Gasteiger charge is -2.22. The van der Waals surface area contributed by atoms with Crippen molar-refractivity contribution in [1.29, 1.82) is 0 Å². The number of amides is 5. The molecule has 0 saturated carbocycles. The minimum atomic E-state index is -1.03. The van der Waals surface area contributed by atoms with Crippen LogP contribution in [0.25, 0.3) is 0 Å². The van der Waals surface area contributed by atoms with Crippen molar-refractivity contribution in [2.24, 2.45) is 0 Å². The number of urea groups is 1. The Balaban J connectivity index is 0.000000201. The molecule has 1 atom stereocenters. The number of fused-ring (bicyclic) bond motifs is 1. The van der Waals surface area contributed by atoms with Crippen LogP contribution in [0.15, 0.2) is 71.2 Å². The molecular formula is C29H25Br2Cl2N3O4. The Morgan fingerprint density at radius 2 is 1.43 bits per heavy atom. The molecule has 1 saturated heterocycles. The summed E-state index contributed by atoms with van der Waals surface area (Å²) in [5.41, 5.74) is 1.34. The topological polar surface area (TPSA) is 86.8 Å². The van der Waals surface area contributed by atoms with Crippen molar-refractivity contribution < 1.29 is 19.2 Å². The first kappa shape index (κ1) is 30.2. The van der Waals surface area contributed by atoms with E-state index < -0.39 is 11.6 Å². The minimum absolute atomic E-state index is 0.157. The van der Waals surface area contributed by atoms with Gasteiger partial charge in [-0.3, -0.25) is 19.3 Å². The fourth-order valence-electron chi connectivity index (χ4n) is 4.52. The second-order valence-corrected chi connectivity index (χ2v) is 12.1. The molecule has 0 aliphatic carbocycles. The highest BCUT2D eigenvalue weighted by Gasteiger charge is 2.48. The summed E-state index contributed by atoms with van der Waals surface area (Å²) in [6, 6.07) is 18.7. The average Bonchev–Trinajstić information content (AvgIpc) is 3.28. The number of imide groups is 2. The van der Waals surface area contributed by atoms with Crippen molar-refractivity contribution in [2.45, 2.75) is 31.7 Å². The van der Waals surface area contributed by atoms with Gasteiger partial charge in [-0.25, -0.2) is 9.69 Å². The maximum Gasteiger partial charge on any atom is 0.329 e. The lowest BCUT2D eigenvalue weighted by molar-refractivity contribution is -0.121. The van der Waals surface area contributed by atoms with Gasteiger partial charge in [0.2, 0.25) is 0 Å². The average molecular weight is 710 g/mol. The highest BCUT2D eigenvalue weighted by Crippen LogP contribution is 2.31. The number of hydrogen-bond acceptors (Lipinski definition) is 4. The monoisotopic (exact) mass is 707 g/mol. The van der Waals surface area contributed by atoms with Crippen molar-refractivity contribution in [3.63, 3.8) is 0 Å². The van der Waals surface area contributed by atoms with Gasteiger partial charge in [-0.2, -0.15) is 0 Å². The fourth-order valence-corrected chi connectivity index (χ4v) is 5.70. The first-order valence-corrected chi connectivity index (χ1v) is 15.1. The SMILES string of the molecule is C[C@]1(Cc2ccc(Br)cc2)NC(=O)N(c2cc(Cl)cc(Cl)c2)C1=O.O=C1c2ccccc2C(=O)N1CCCCBr. The number of carbonyl (C=O) groups excluding carboxylic acids is 4. The zero-order valence-corrected chi connectivity index (χ0v) is 26.1. The Labute approximate surface area is 259 Å². The van der Waals surface area contributed by atoms with Crippen LogP contribution in [0.1, 0.15) is 46.0 Å². The van der Waals surface area contributed by atoms with Gasteiger partial charge in [0.15, 0.2) is 0 Å². The zero-order chi connectivity index (χ0) is 29.0. The number of halogens is 4. The van der Waals surface area contributed by atoms with Crippen LogP contribution in [-0.4, -0.2) is 46.1 Å². The number of benzene rings is 3. The van der Waals surface area contributed by atoms with E-state index in [2.05, 4.69) is 37.2 Å². The number of nitrogens with one attached hydrogen (secondary N) is 1. The highest BCUT2D eigenvalue weighted by molar-refractivity contribution is 9.10. The number of carbonyl (C=O) groups is 4. The van der Waals surface area contributed by atoms with E-state index in [9.17, 15) is 19.2 Å². The number of alkyl halides is 1. The minimum Gasteiger partial charge on any atom is -0.323 e. The Bertz CT molecular complexity index is 1410. The molecule has 0 aromatic heterocycles. The molecule has 11 heteroatoms. The molecule has 0 unspecified atom stereocenters. The predicted octanol–water partition coefficient (Wildman–Crippen LogP) is 7.27. The smallest absolute Gasteiger partial charge is 0.323 e. The van der Waals surface area contributed by atoms with Gasteiger partial charge >= 0.3 is 6.03 Å². The largest absolute Gasteiger partial charge is 0.329 e. The van der Waals surface area contributed by atoms with Gasteiger partial charge in [0.25, 0.3) is 17.7 Å². The Hall–Kier alpha value is -2.72. The molecule has 5 amide bonds. The summed E-state index contributed by atoms with van der Waals surface area (Å²) in [6.45, 7) is 2.22. The maximum absolute atomic E-state index is 12.9. The van der Waals surface area contributed by atoms with E-state index in [1.807, 2.05) is 24.3 Å². The molecule has 1 fully saturated rings. The number of rotatable bonds is 7. The van der Waals surface area contributed by atoms with Crippen LogP contribution in [0.5, 0.6) is 0 Å². The third-order valence-corrected chi connectivity index (χ3v) is 8.01. The number of hydrogen-bond donors (Lipinski definition) is 1. The lowest BCUT2D eigenvalue weighted by atomic mass is 9.93. The van der Waals surface area contributed by atoms with Crippen LogP contribution in [0.2, 0.25) is 10.0 Å². The lowest BCUT2D eigenvalue weighted by Crippen LogP contribution is -2.46. The molecule has 3 aromatic rings. The third kappa shape index (κ3) is 6.60. The van der Waals surface area contributed by atoms with E-state index in [1.54, 1.807) is 37.3 Å². The Morgan fingerprint density at radius 3 is 1.98 bits per heavy atom. The summed E-state index contributed by atoms with van der Waals surface area (Å²) in [5, 5.41) is 4.39. The molecule has 2 aliphatic rings. The molecule has 3 aromatic carbocycles. The zero-order valence-electron chi connectivity index (χ0n) is 21.4. The summed E-state index contributed by atoms with van der Waals surface area (Å²) in [4.78, 5) is 51.5. The van der Waals surface area contributed by atoms with Crippen LogP contribution in [0, 0.1) is 0 Å². The van der Waals surface area contributed by atoms with E-state index in [-0.39, 0.29) is 17.7 Å². The molecule has 7 nitrogen and oxygen atoms in total. The maximum atomic E-state index is 12.9. The van der Waals surface area contributed by atoms with Crippen molar-refractivity contribution in [3.8, 4) is 0 Å². The van der Waals surface area contributed by atoms with Gasteiger partial charge in [0, 0.05) is 32.8 Å². The summed E-state index contributed by atoms with van der Waals surface area (Å²) in [5.74, 6) is -0.654. The van der Waals surface area contributed by atoms with Gasteiger partial charge in [0.05, 0.1) is 16.8 Å². The van der Waals surface area contributed by atoms with Gasteiger partial charge in [-0.1, -0.05) is 79.3 Å². The third-order valence-electron chi connectivity index (χ3n) is 6.48. The van der Waals surface area contributed by atoms with Crippen molar-refractivity contribution in [1.82, 2.24) is 10.2 Å². The normalized spacial score (nSPS) is 18.0. The van der Waals surface area contributed by atoms with E-state index in [0.29, 0.717) is 39.8 Å². The van der Waals surface area contributed by atoms with Crippen LogP contribution < -0.4 is 10.2 Å². The molecule has 0 radical (unpaired) electrons. The second-order valence-electron chi connectivity index (χ2n) is 9.54. The molecule has 208 valence electrons. The predicted molar refractivity (Wildman–Crippen MR) is 164 cm³/mol. The molecular weight excluding hydrogens is 685 g/mol. The van der Waals surface area contributed by atoms with E-state index in [1.165, 1.54) is 17.0 Å². The molecule has 5 rings (SSSR count). The van der Waals surface area contributed by atoms with Crippen LogP contribution in [0.4, 0.5) is 10.5 Å². The number of anilines is 1. The van der Waals surface area contributed by atoms with E-state index in [4.69, 9.17) is 23.2 Å². The standard InChI is InChI=1S/C17H13BrCl2N2O2.C12H12BrNO2/c1-17(9-10-2-4-11(18)5-3-10)15(23)22(16(24)21-17)14-7-12(19)6-13(20)8-14;13-7-3-4-8-14-11(15)9-5-1-2-6-10(9)12(14)16/h2-8H,9H2,1H3,(H,21,24);1-2,5-6H,3-4,7-8H2/t17-;/m1./s1. The van der Waals surface area contributed by atoms with E-state index in [0.717, 1.165) is 33.1 Å². The molecule has 0 bridgehead atoms. The van der Waals surface area contributed by atoms with Crippen molar-refractivity contribution in [2.75, 3.05) is 16.8 Å². The van der Waals surface area contributed by atoms with Crippen molar-refractivity contribution in [3.05, 3.63) is 97.9 Å².